The van der Waals surface area contributed by atoms with Crippen LogP contribution in [0, 0.1) is 5.92 Å². The summed E-state index contributed by atoms with van der Waals surface area (Å²) in [7, 11) is 3.88. The third-order valence-corrected chi connectivity index (χ3v) is 2.37. The monoisotopic (exact) mass is 257 g/mol. The highest BCUT2D eigenvalue weighted by atomic mass is 16.5. The van der Waals surface area contributed by atoms with Crippen molar-refractivity contribution in [2.24, 2.45) is 5.92 Å². The topological polar surface area (TPSA) is 66.8 Å². The average molecular weight is 257 g/mol. The van der Waals surface area contributed by atoms with Crippen molar-refractivity contribution >= 4 is 11.9 Å². The first-order chi connectivity index (χ1) is 8.32. The van der Waals surface area contributed by atoms with E-state index in [0.29, 0.717) is 13.0 Å². The minimum Gasteiger partial charge on any atom is -0.481 e. The number of nitrogens with zero attached hydrogens (tertiary/aromatic N) is 1. The van der Waals surface area contributed by atoms with Crippen molar-refractivity contribution in [1.82, 2.24) is 4.90 Å². The van der Waals surface area contributed by atoms with Gasteiger partial charge in [-0.3, -0.25) is 9.59 Å². The molecule has 0 aromatic heterocycles. The smallest absolute Gasteiger partial charge is 0.307 e. The predicted molar refractivity (Wildman–Crippen MR) is 69.3 cm³/mol. The molecular formula is C13H23NO4. The summed E-state index contributed by atoms with van der Waals surface area (Å²) in [6.07, 6.45) is 0.962. The molecule has 0 aliphatic rings. The molecule has 0 saturated carbocycles. The van der Waals surface area contributed by atoms with E-state index >= 15 is 0 Å². The van der Waals surface area contributed by atoms with Gasteiger partial charge in [0, 0.05) is 6.54 Å². The third kappa shape index (κ3) is 8.75. The van der Waals surface area contributed by atoms with Crippen molar-refractivity contribution in [3.8, 4) is 0 Å². The van der Waals surface area contributed by atoms with E-state index in [1.54, 1.807) is 6.92 Å². The van der Waals surface area contributed by atoms with Gasteiger partial charge in [-0.05, 0) is 33.9 Å². The second kappa shape index (κ2) is 8.69. The highest BCUT2D eigenvalue weighted by Crippen LogP contribution is 2.15. The van der Waals surface area contributed by atoms with Gasteiger partial charge in [0.2, 0.25) is 0 Å². The Hall–Kier alpha value is -1.36. The minimum absolute atomic E-state index is 0.0931. The van der Waals surface area contributed by atoms with Crippen LogP contribution in [0.25, 0.3) is 0 Å². The number of hydrogen-bond acceptors (Lipinski definition) is 4. The van der Waals surface area contributed by atoms with E-state index < -0.39 is 17.9 Å². The maximum atomic E-state index is 11.5. The Bertz CT molecular complexity index is 299. The lowest BCUT2D eigenvalue weighted by atomic mass is 9.98. The van der Waals surface area contributed by atoms with Gasteiger partial charge in [-0.1, -0.05) is 5.57 Å². The molecule has 0 bridgehead atoms. The summed E-state index contributed by atoms with van der Waals surface area (Å²) < 4.78 is 5.00. The largest absolute Gasteiger partial charge is 0.481 e. The molecule has 0 aromatic rings. The quantitative estimate of drug-likeness (QED) is 0.385. The molecule has 1 atom stereocenters. The standard InChI is InChI=1S/C13H23NO4/c1-10(2)8-11(13(16)17)9-12(15)18-7-5-6-14(3)4/h11H,1,5-9H2,2-4H3,(H,16,17). The molecule has 0 aromatic carbocycles. The second-order valence-corrected chi connectivity index (χ2v) is 4.78. The first kappa shape index (κ1) is 16.6. The molecule has 0 heterocycles. The Labute approximate surface area is 108 Å². The summed E-state index contributed by atoms with van der Waals surface area (Å²) in [5.41, 5.74) is 0.753. The molecule has 0 radical (unpaired) electrons. The number of carbonyl (C=O) groups is 2. The van der Waals surface area contributed by atoms with Gasteiger partial charge in [0.1, 0.15) is 0 Å². The molecule has 0 aliphatic heterocycles. The number of carboxylic acid groups (broad SMARTS) is 1. The van der Waals surface area contributed by atoms with Crippen molar-refractivity contribution in [3.05, 3.63) is 12.2 Å². The van der Waals surface area contributed by atoms with Gasteiger partial charge in [0.25, 0.3) is 0 Å². The van der Waals surface area contributed by atoms with Crippen LogP contribution in [0.1, 0.15) is 26.2 Å². The van der Waals surface area contributed by atoms with Gasteiger partial charge >= 0.3 is 11.9 Å². The molecule has 1 unspecified atom stereocenters. The van der Waals surface area contributed by atoms with E-state index in [4.69, 9.17) is 9.84 Å². The molecule has 18 heavy (non-hydrogen) atoms. The van der Waals surface area contributed by atoms with Crippen molar-refractivity contribution < 1.29 is 19.4 Å². The van der Waals surface area contributed by atoms with E-state index in [9.17, 15) is 9.59 Å². The lowest BCUT2D eigenvalue weighted by Gasteiger charge is -2.12. The highest BCUT2D eigenvalue weighted by Gasteiger charge is 2.21. The number of carboxylic acids is 1. The highest BCUT2D eigenvalue weighted by molar-refractivity contribution is 5.79. The number of rotatable bonds is 9. The van der Waals surface area contributed by atoms with Crippen molar-refractivity contribution in [2.75, 3.05) is 27.2 Å². The van der Waals surface area contributed by atoms with Crippen LogP contribution in [0.3, 0.4) is 0 Å². The van der Waals surface area contributed by atoms with Crippen LogP contribution >= 0.6 is 0 Å². The van der Waals surface area contributed by atoms with Crippen LogP contribution in [-0.2, 0) is 14.3 Å². The average Bonchev–Trinajstić information content (AvgIpc) is 2.22. The van der Waals surface area contributed by atoms with Gasteiger partial charge in [-0.15, -0.1) is 6.58 Å². The van der Waals surface area contributed by atoms with Crippen LogP contribution in [-0.4, -0.2) is 49.2 Å². The number of esters is 1. The van der Waals surface area contributed by atoms with Crippen LogP contribution in [0.5, 0.6) is 0 Å². The van der Waals surface area contributed by atoms with Crippen molar-refractivity contribution in [3.63, 3.8) is 0 Å². The van der Waals surface area contributed by atoms with Crippen LogP contribution in [0.4, 0.5) is 0 Å². The normalized spacial score (nSPS) is 12.2. The fraction of sp³-hybridized carbons (Fsp3) is 0.692. The Morgan fingerprint density at radius 3 is 2.39 bits per heavy atom. The fourth-order valence-electron chi connectivity index (χ4n) is 1.49. The summed E-state index contributed by atoms with van der Waals surface area (Å²) in [4.78, 5) is 24.4. The van der Waals surface area contributed by atoms with Gasteiger partial charge < -0.3 is 14.7 Å². The number of carbonyl (C=O) groups excluding carboxylic acids is 1. The maximum Gasteiger partial charge on any atom is 0.307 e. The molecule has 1 N–H and O–H groups in total. The summed E-state index contributed by atoms with van der Waals surface area (Å²) in [5.74, 6) is -2.17. The van der Waals surface area contributed by atoms with Crippen LogP contribution in [0.2, 0.25) is 0 Å². The SMILES string of the molecule is C=C(C)CC(CC(=O)OCCCN(C)C)C(=O)O. The van der Waals surface area contributed by atoms with E-state index in [0.717, 1.165) is 18.5 Å². The number of aliphatic carboxylic acids is 1. The zero-order chi connectivity index (χ0) is 14.1. The minimum atomic E-state index is -0.983. The first-order valence-electron chi connectivity index (χ1n) is 6.00. The molecular weight excluding hydrogens is 234 g/mol. The molecule has 0 fully saturated rings. The van der Waals surface area contributed by atoms with Gasteiger partial charge in [-0.2, -0.15) is 0 Å². The Morgan fingerprint density at radius 1 is 1.33 bits per heavy atom. The maximum absolute atomic E-state index is 11.5. The summed E-state index contributed by atoms with van der Waals surface area (Å²) >= 11 is 0. The van der Waals surface area contributed by atoms with Gasteiger partial charge in [0.15, 0.2) is 0 Å². The molecule has 0 spiro atoms. The molecule has 0 rings (SSSR count). The number of hydrogen-bond donors (Lipinski definition) is 1. The third-order valence-electron chi connectivity index (χ3n) is 2.37. The Balaban J connectivity index is 3.95. The fourth-order valence-corrected chi connectivity index (χ4v) is 1.49. The van der Waals surface area contributed by atoms with Crippen LogP contribution in [0.15, 0.2) is 12.2 Å². The van der Waals surface area contributed by atoms with E-state index in [2.05, 4.69) is 6.58 Å². The zero-order valence-electron chi connectivity index (χ0n) is 11.4. The van der Waals surface area contributed by atoms with E-state index in [1.165, 1.54) is 0 Å². The number of allylic oxidation sites excluding steroid dienone is 1. The van der Waals surface area contributed by atoms with E-state index in [-0.39, 0.29) is 6.42 Å². The van der Waals surface area contributed by atoms with Crippen LogP contribution < -0.4 is 0 Å². The molecule has 0 saturated heterocycles. The molecule has 5 heteroatoms. The summed E-state index contributed by atoms with van der Waals surface area (Å²) in [6, 6.07) is 0. The van der Waals surface area contributed by atoms with Crippen molar-refractivity contribution in [1.29, 1.82) is 0 Å². The molecule has 5 nitrogen and oxygen atoms in total. The summed E-state index contributed by atoms with van der Waals surface area (Å²) in [5, 5.41) is 8.96. The van der Waals surface area contributed by atoms with Gasteiger partial charge in [0.05, 0.1) is 18.9 Å². The zero-order valence-corrected chi connectivity index (χ0v) is 11.4. The second-order valence-electron chi connectivity index (χ2n) is 4.78. The predicted octanol–water partition coefficient (Wildman–Crippen LogP) is 1.54. The lowest BCUT2D eigenvalue weighted by molar-refractivity contribution is -0.151. The molecule has 0 aliphatic carbocycles. The number of ether oxygens (including phenoxy) is 1. The van der Waals surface area contributed by atoms with Crippen molar-refractivity contribution in [2.45, 2.75) is 26.2 Å². The summed E-state index contributed by atoms with van der Waals surface area (Å²) in [6.45, 7) is 6.57. The first-order valence-corrected chi connectivity index (χ1v) is 6.00. The molecule has 0 amide bonds. The Kier molecular flexibility index (Phi) is 8.03. The van der Waals surface area contributed by atoms with E-state index in [1.807, 2.05) is 19.0 Å². The Morgan fingerprint density at radius 2 is 1.94 bits per heavy atom. The molecule has 104 valence electrons. The lowest BCUT2D eigenvalue weighted by Crippen LogP contribution is -2.21. The van der Waals surface area contributed by atoms with Gasteiger partial charge in [-0.25, -0.2) is 0 Å².